The van der Waals surface area contributed by atoms with Gasteiger partial charge in [-0.15, -0.1) is 0 Å². The Labute approximate surface area is 96.1 Å². The van der Waals surface area contributed by atoms with Gasteiger partial charge in [-0.05, 0) is 18.6 Å². The summed E-state index contributed by atoms with van der Waals surface area (Å²) in [6.45, 7) is 1.37. The average Bonchev–Trinajstić information content (AvgIpc) is 2.21. The predicted molar refractivity (Wildman–Crippen MR) is 54.3 cm³/mol. The van der Waals surface area contributed by atoms with Crippen molar-refractivity contribution in [2.75, 3.05) is 0 Å². The quantitative estimate of drug-likeness (QED) is 0.744. The van der Waals surface area contributed by atoms with Gasteiger partial charge in [0.1, 0.15) is 17.7 Å². The zero-order valence-corrected chi connectivity index (χ0v) is 9.02. The summed E-state index contributed by atoms with van der Waals surface area (Å²) in [6.07, 6.45) is -4.07. The number of aliphatic carboxylic acids is 1. The highest BCUT2D eigenvalue weighted by atomic mass is 19.1. The second-order valence-electron chi connectivity index (χ2n) is 3.73. The van der Waals surface area contributed by atoms with Crippen LogP contribution in [0.3, 0.4) is 0 Å². The van der Waals surface area contributed by atoms with E-state index in [-0.39, 0.29) is 11.1 Å². The van der Waals surface area contributed by atoms with Gasteiger partial charge in [-0.1, -0.05) is 0 Å². The number of aryl methyl sites for hydroxylation is 1. The maximum atomic E-state index is 13.3. The monoisotopic (exact) mass is 246 g/mol. The predicted octanol–water partition coefficient (Wildman–Crippen LogP) is 1.14. The van der Waals surface area contributed by atoms with Crippen LogP contribution in [0.2, 0.25) is 0 Å². The summed E-state index contributed by atoms with van der Waals surface area (Å²) in [5, 5.41) is 27.3. The molecule has 0 aliphatic rings. The molecule has 0 saturated heterocycles. The highest BCUT2D eigenvalue weighted by molar-refractivity contribution is 5.67. The molecule has 0 aliphatic heterocycles. The number of hydrogen-bond donors (Lipinski definition) is 3. The number of aliphatic hydroxyl groups is 2. The molecule has 0 amide bonds. The van der Waals surface area contributed by atoms with Gasteiger partial charge in [-0.2, -0.15) is 0 Å². The van der Waals surface area contributed by atoms with Crippen molar-refractivity contribution in [3.05, 3.63) is 34.9 Å². The lowest BCUT2D eigenvalue weighted by atomic mass is 9.99. The molecular weight excluding hydrogens is 234 g/mol. The van der Waals surface area contributed by atoms with Crippen molar-refractivity contribution < 1.29 is 28.9 Å². The van der Waals surface area contributed by atoms with Crippen molar-refractivity contribution in [1.29, 1.82) is 0 Å². The lowest BCUT2D eigenvalue weighted by Gasteiger charge is -2.17. The van der Waals surface area contributed by atoms with Crippen molar-refractivity contribution in [2.45, 2.75) is 25.6 Å². The minimum atomic E-state index is -1.70. The van der Waals surface area contributed by atoms with E-state index in [1.54, 1.807) is 0 Å². The van der Waals surface area contributed by atoms with Crippen LogP contribution in [0, 0.1) is 18.6 Å². The Balaban J connectivity index is 2.99. The molecule has 6 heteroatoms. The Kier molecular flexibility index (Phi) is 4.14. The van der Waals surface area contributed by atoms with Crippen molar-refractivity contribution >= 4 is 5.97 Å². The van der Waals surface area contributed by atoms with E-state index in [2.05, 4.69) is 0 Å². The van der Waals surface area contributed by atoms with Gasteiger partial charge in [-0.3, -0.25) is 4.79 Å². The summed E-state index contributed by atoms with van der Waals surface area (Å²) >= 11 is 0. The molecule has 0 fully saturated rings. The first kappa shape index (κ1) is 13.5. The van der Waals surface area contributed by atoms with Gasteiger partial charge in [0, 0.05) is 11.6 Å². The van der Waals surface area contributed by atoms with E-state index in [4.69, 9.17) is 5.11 Å². The second-order valence-corrected chi connectivity index (χ2v) is 3.73. The van der Waals surface area contributed by atoms with Gasteiger partial charge in [0.2, 0.25) is 0 Å². The average molecular weight is 246 g/mol. The largest absolute Gasteiger partial charge is 0.481 e. The summed E-state index contributed by atoms with van der Waals surface area (Å²) in [7, 11) is 0. The van der Waals surface area contributed by atoms with Crippen LogP contribution < -0.4 is 0 Å². The molecule has 0 spiro atoms. The zero-order chi connectivity index (χ0) is 13.2. The van der Waals surface area contributed by atoms with Crippen molar-refractivity contribution in [1.82, 2.24) is 0 Å². The van der Waals surface area contributed by atoms with E-state index in [0.717, 1.165) is 6.07 Å². The van der Waals surface area contributed by atoms with Gasteiger partial charge in [0.25, 0.3) is 0 Å². The number of benzene rings is 1. The molecule has 1 aromatic rings. The van der Waals surface area contributed by atoms with Crippen LogP contribution in [0.15, 0.2) is 12.1 Å². The Morgan fingerprint density at radius 1 is 1.29 bits per heavy atom. The van der Waals surface area contributed by atoms with E-state index in [9.17, 15) is 23.8 Å². The number of carboxylic acid groups (broad SMARTS) is 1. The fourth-order valence-corrected chi connectivity index (χ4v) is 1.40. The molecule has 4 nitrogen and oxygen atoms in total. The second kappa shape index (κ2) is 5.20. The van der Waals surface area contributed by atoms with Gasteiger partial charge >= 0.3 is 5.97 Å². The topological polar surface area (TPSA) is 77.8 Å². The molecule has 1 rings (SSSR count). The van der Waals surface area contributed by atoms with Crippen molar-refractivity contribution in [2.24, 2.45) is 0 Å². The number of rotatable bonds is 4. The van der Waals surface area contributed by atoms with Gasteiger partial charge in [0.15, 0.2) is 0 Å². The Hall–Kier alpha value is -1.53. The van der Waals surface area contributed by atoms with E-state index >= 15 is 0 Å². The molecule has 0 radical (unpaired) electrons. The van der Waals surface area contributed by atoms with E-state index in [1.165, 1.54) is 6.92 Å². The minimum Gasteiger partial charge on any atom is -0.481 e. The molecule has 17 heavy (non-hydrogen) atoms. The van der Waals surface area contributed by atoms with Gasteiger partial charge < -0.3 is 15.3 Å². The fraction of sp³-hybridized carbons (Fsp3) is 0.364. The third-order valence-corrected chi connectivity index (χ3v) is 2.34. The Morgan fingerprint density at radius 2 is 1.88 bits per heavy atom. The maximum Gasteiger partial charge on any atom is 0.306 e. The summed E-state index contributed by atoms with van der Waals surface area (Å²) < 4.78 is 26.3. The lowest BCUT2D eigenvalue weighted by Crippen LogP contribution is -2.22. The zero-order valence-electron chi connectivity index (χ0n) is 9.02. The van der Waals surface area contributed by atoms with Crippen LogP contribution in [-0.4, -0.2) is 27.4 Å². The maximum absolute atomic E-state index is 13.3. The SMILES string of the molecule is Cc1cc(C(O)C(O)CC(=O)O)c(F)cc1F. The standard InChI is InChI=1S/C11H12F2O4/c1-5-2-6(8(13)3-7(5)12)11(17)9(14)4-10(15)16/h2-3,9,11,14,17H,4H2,1H3,(H,15,16). The Bertz CT molecular complexity index is 434. The third-order valence-electron chi connectivity index (χ3n) is 2.34. The lowest BCUT2D eigenvalue weighted by molar-refractivity contribution is -0.141. The van der Waals surface area contributed by atoms with Gasteiger partial charge in [-0.25, -0.2) is 8.78 Å². The van der Waals surface area contributed by atoms with Crippen molar-refractivity contribution in [3.8, 4) is 0 Å². The highest BCUT2D eigenvalue weighted by Crippen LogP contribution is 2.24. The molecular formula is C11H12F2O4. The normalized spacial score (nSPS) is 14.4. The van der Waals surface area contributed by atoms with Crippen molar-refractivity contribution in [3.63, 3.8) is 0 Å². The van der Waals surface area contributed by atoms with Crippen LogP contribution >= 0.6 is 0 Å². The summed E-state index contributed by atoms with van der Waals surface area (Å²) in [5.41, 5.74) is -0.222. The first-order valence-corrected chi connectivity index (χ1v) is 4.86. The fourth-order valence-electron chi connectivity index (χ4n) is 1.40. The number of carbonyl (C=O) groups is 1. The summed E-state index contributed by atoms with van der Waals surface area (Å²) in [4.78, 5) is 10.3. The molecule has 3 N–H and O–H groups in total. The molecule has 2 atom stereocenters. The smallest absolute Gasteiger partial charge is 0.306 e. The van der Waals surface area contributed by atoms with E-state index in [1.807, 2.05) is 0 Å². The number of halogens is 2. The van der Waals surface area contributed by atoms with Crippen LogP contribution in [0.1, 0.15) is 23.7 Å². The molecule has 2 unspecified atom stereocenters. The molecule has 0 heterocycles. The van der Waals surface area contributed by atoms with Crippen LogP contribution in [0.4, 0.5) is 8.78 Å². The molecule has 0 saturated carbocycles. The first-order chi connectivity index (χ1) is 7.82. The van der Waals surface area contributed by atoms with Crippen LogP contribution in [0.25, 0.3) is 0 Å². The number of hydrogen-bond acceptors (Lipinski definition) is 3. The molecule has 0 aromatic heterocycles. The summed E-state index contributed by atoms with van der Waals surface area (Å²) in [5.74, 6) is -3.12. The van der Waals surface area contributed by atoms with E-state index in [0.29, 0.717) is 6.07 Å². The van der Waals surface area contributed by atoms with Gasteiger partial charge in [0.05, 0.1) is 12.5 Å². The molecule has 0 bridgehead atoms. The highest BCUT2D eigenvalue weighted by Gasteiger charge is 2.24. The summed E-state index contributed by atoms with van der Waals surface area (Å²) in [6, 6.07) is 1.63. The van der Waals surface area contributed by atoms with Crippen LogP contribution in [-0.2, 0) is 4.79 Å². The molecule has 0 aliphatic carbocycles. The third kappa shape index (κ3) is 3.21. The van der Waals surface area contributed by atoms with E-state index < -0.39 is 36.2 Å². The number of aliphatic hydroxyl groups excluding tert-OH is 2. The first-order valence-electron chi connectivity index (χ1n) is 4.86. The molecule has 94 valence electrons. The Morgan fingerprint density at radius 3 is 2.41 bits per heavy atom. The van der Waals surface area contributed by atoms with Crippen LogP contribution in [0.5, 0.6) is 0 Å². The minimum absolute atomic E-state index is 0.1000. The number of carboxylic acids is 1. The molecule has 1 aromatic carbocycles.